The van der Waals surface area contributed by atoms with Crippen LogP contribution >= 0.6 is 23.2 Å². The lowest BCUT2D eigenvalue weighted by Gasteiger charge is -2.35. The van der Waals surface area contributed by atoms with Crippen molar-refractivity contribution in [3.8, 4) is 5.75 Å². The van der Waals surface area contributed by atoms with Gasteiger partial charge in [0.1, 0.15) is 11.9 Å². The molecule has 1 fully saturated rings. The van der Waals surface area contributed by atoms with E-state index in [9.17, 15) is 0 Å². The fraction of sp³-hybridized carbons (Fsp3) is 0.250. The van der Waals surface area contributed by atoms with E-state index in [4.69, 9.17) is 27.9 Å². The second-order valence-electron chi connectivity index (χ2n) is 4.94. The lowest BCUT2D eigenvalue weighted by atomic mass is 9.91. The monoisotopic (exact) mass is 307 g/mol. The fourth-order valence-corrected chi connectivity index (χ4v) is 2.60. The van der Waals surface area contributed by atoms with Crippen LogP contribution in [0.4, 0.5) is 0 Å². The number of benzene rings is 2. The van der Waals surface area contributed by atoms with Crippen LogP contribution in [-0.2, 0) is 0 Å². The fourth-order valence-electron chi connectivity index (χ4n) is 2.30. The quantitative estimate of drug-likeness (QED) is 0.907. The normalized spacial score (nSPS) is 16.5. The Morgan fingerprint density at radius 1 is 1.00 bits per heavy atom. The van der Waals surface area contributed by atoms with Crippen molar-refractivity contribution < 1.29 is 4.74 Å². The van der Waals surface area contributed by atoms with Crippen LogP contribution in [-0.4, -0.2) is 13.1 Å². The summed E-state index contributed by atoms with van der Waals surface area (Å²) in [4.78, 5) is 0. The molecule has 0 unspecified atom stereocenters. The van der Waals surface area contributed by atoms with E-state index in [1.54, 1.807) is 0 Å². The van der Waals surface area contributed by atoms with E-state index in [1.165, 1.54) is 0 Å². The van der Waals surface area contributed by atoms with Crippen LogP contribution in [0.3, 0.4) is 0 Å². The summed E-state index contributed by atoms with van der Waals surface area (Å²) in [5, 5.41) is 4.42. The molecule has 0 aromatic heterocycles. The smallest absolute Gasteiger partial charge is 0.129 e. The molecule has 0 amide bonds. The van der Waals surface area contributed by atoms with Crippen molar-refractivity contribution >= 4 is 23.2 Å². The van der Waals surface area contributed by atoms with Gasteiger partial charge in [0.05, 0.1) is 10.0 Å². The zero-order chi connectivity index (χ0) is 13.9. The zero-order valence-electron chi connectivity index (χ0n) is 10.9. The van der Waals surface area contributed by atoms with E-state index in [1.807, 2.05) is 48.5 Å². The van der Waals surface area contributed by atoms with Gasteiger partial charge < -0.3 is 10.1 Å². The van der Waals surface area contributed by atoms with Crippen molar-refractivity contribution in [1.29, 1.82) is 0 Å². The molecule has 20 heavy (non-hydrogen) atoms. The number of para-hydroxylation sites is 1. The molecule has 0 bridgehead atoms. The second-order valence-corrected chi connectivity index (χ2v) is 5.76. The van der Waals surface area contributed by atoms with Crippen molar-refractivity contribution in [1.82, 2.24) is 5.32 Å². The van der Waals surface area contributed by atoms with Gasteiger partial charge in [-0.1, -0.05) is 47.5 Å². The van der Waals surface area contributed by atoms with Gasteiger partial charge >= 0.3 is 0 Å². The van der Waals surface area contributed by atoms with Crippen LogP contribution in [0.15, 0.2) is 48.5 Å². The molecular formula is C16H15Cl2NO. The van der Waals surface area contributed by atoms with E-state index in [0.29, 0.717) is 16.0 Å². The van der Waals surface area contributed by atoms with Gasteiger partial charge in [0.25, 0.3) is 0 Å². The highest BCUT2D eigenvalue weighted by Crippen LogP contribution is 2.33. The first-order valence-electron chi connectivity index (χ1n) is 6.61. The van der Waals surface area contributed by atoms with Gasteiger partial charge in [-0.3, -0.25) is 0 Å². The average Bonchev–Trinajstić information content (AvgIpc) is 2.40. The van der Waals surface area contributed by atoms with Crippen LogP contribution in [0.2, 0.25) is 10.0 Å². The summed E-state index contributed by atoms with van der Waals surface area (Å²) in [6.45, 7) is 1.91. The van der Waals surface area contributed by atoms with Crippen molar-refractivity contribution in [3.05, 3.63) is 64.1 Å². The Labute approximate surface area is 128 Å². The molecule has 2 nitrogen and oxygen atoms in total. The molecule has 1 aliphatic rings. The van der Waals surface area contributed by atoms with E-state index in [0.717, 1.165) is 24.4 Å². The third-order valence-electron chi connectivity index (χ3n) is 3.52. The van der Waals surface area contributed by atoms with Gasteiger partial charge in [-0.15, -0.1) is 0 Å². The Kier molecular flexibility index (Phi) is 4.16. The van der Waals surface area contributed by atoms with Gasteiger partial charge in [0.2, 0.25) is 0 Å². The van der Waals surface area contributed by atoms with Crippen molar-refractivity contribution in [2.45, 2.75) is 6.10 Å². The zero-order valence-corrected chi connectivity index (χ0v) is 12.4. The molecule has 2 aromatic rings. The second kappa shape index (κ2) is 6.04. The summed E-state index contributed by atoms with van der Waals surface area (Å²) >= 11 is 12.1. The van der Waals surface area contributed by atoms with Crippen LogP contribution in [0, 0.1) is 5.92 Å². The summed E-state index contributed by atoms with van der Waals surface area (Å²) in [5.41, 5.74) is 1.06. The van der Waals surface area contributed by atoms with Crippen LogP contribution in [0.5, 0.6) is 5.75 Å². The first-order valence-corrected chi connectivity index (χ1v) is 7.37. The molecule has 1 N–H and O–H groups in total. The van der Waals surface area contributed by atoms with Crippen LogP contribution in [0.1, 0.15) is 11.7 Å². The number of halogens is 2. The van der Waals surface area contributed by atoms with Crippen molar-refractivity contribution in [2.75, 3.05) is 13.1 Å². The highest BCUT2D eigenvalue weighted by atomic mass is 35.5. The molecule has 0 radical (unpaired) electrons. The molecule has 0 saturated carbocycles. The predicted octanol–water partition coefficient (Wildman–Crippen LogP) is 4.33. The maximum Gasteiger partial charge on any atom is 0.129 e. The molecule has 3 rings (SSSR count). The Balaban J connectivity index is 1.87. The van der Waals surface area contributed by atoms with Crippen LogP contribution < -0.4 is 10.1 Å². The summed E-state index contributed by atoms with van der Waals surface area (Å²) in [7, 11) is 0. The van der Waals surface area contributed by atoms with E-state index in [-0.39, 0.29) is 6.10 Å². The standard InChI is InChI=1S/C16H15Cl2NO/c17-14-7-6-11(8-15(14)18)16(12-9-19-10-12)20-13-4-2-1-3-5-13/h1-8,12,16,19H,9-10H2/t16-/m0/s1. The van der Waals surface area contributed by atoms with Gasteiger partial charge in [-0.25, -0.2) is 0 Å². The molecule has 104 valence electrons. The van der Waals surface area contributed by atoms with Gasteiger partial charge in [0.15, 0.2) is 0 Å². The molecule has 1 heterocycles. The molecule has 2 aromatic carbocycles. The predicted molar refractivity (Wildman–Crippen MR) is 82.6 cm³/mol. The minimum Gasteiger partial charge on any atom is -0.485 e. The number of rotatable bonds is 4. The third-order valence-corrected chi connectivity index (χ3v) is 4.26. The maximum atomic E-state index is 6.16. The molecule has 0 spiro atoms. The summed E-state index contributed by atoms with van der Waals surface area (Å²) in [6, 6.07) is 15.6. The summed E-state index contributed by atoms with van der Waals surface area (Å²) in [5.74, 6) is 1.32. The lowest BCUT2D eigenvalue weighted by Crippen LogP contribution is -2.46. The molecule has 4 heteroatoms. The number of hydrogen-bond acceptors (Lipinski definition) is 2. The van der Waals surface area contributed by atoms with E-state index < -0.39 is 0 Å². The van der Waals surface area contributed by atoms with Gasteiger partial charge in [-0.2, -0.15) is 0 Å². The molecule has 1 aliphatic heterocycles. The number of hydrogen-bond donors (Lipinski definition) is 1. The largest absolute Gasteiger partial charge is 0.485 e. The van der Waals surface area contributed by atoms with Crippen molar-refractivity contribution in [3.63, 3.8) is 0 Å². The Bertz CT molecular complexity index is 584. The molecule has 0 aliphatic carbocycles. The Hall–Kier alpha value is -1.22. The Morgan fingerprint density at radius 2 is 1.75 bits per heavy atom. The van der Waals surface area contributed by atoms with Crippen LogP contribution in [0.25, 0.3) is 0 Å². The first kappa shape index (κ1) is 13.7. The summed E-state index contributed by atoms with van der Waals surface area (Å²) < 4.78 is 6.16. The minimum atomic E-state index is -0.00610. The number of ether oxygens (including phenoxy) is 1. The summed E-state index contributed by atoms with van der Waals surface area (Å²) in [6.07, 6.45) is -0.00610. The highest BCUT2D eigenvalue weighted by Gasteiger charge is 2.30. The van der Waals surface area contributed by atoms with Crippen molar-refractivity contribution in [2.24, 2.45) is 5.92 Å². The Morgan fingerprint density at radius 3 is 2.35 bits per heavy atom. The maximum absolute atomic E-state index is 6.16. The minimum absolute atomic E-state index is 0.00610. The van der Waals surface area contributed by atoms with Gasteiger partial charge in [0, 0.05) is 19.0 Å². The van der Waals surface area contributed by atoms with E-state index >= 15 is 0 Å². The first-order chi connectivity index (χ1) is 9.74. The lowest BCUT2D eigenvalue weighted by molar-refractivity contribution is 0.0993. The van der Waals surface area contributed by atoms with Gasteiger partial charge in [-0.05, 0) is 29.8 Å². The van der Waals surface area contributed by atoms with E-state index in [2.05, 4.69) is 5.32 Å². The molecule has 1 saturated heterocycles. The highest BCUT2D eigenvalue weighted by molar-refractivity contribution is 6.42. The SMILES string of the molecule is Clc1ccc([C@H](Oc2ccccc2)C2CNC2)cc1Cl. The molecular weight excluding hydrogens is 293 g/mol. The molecule has 1 atom stereocenters. The third kappa shape index (κ3) is 2.93. The topological polar surface area (TPSA) is 21.3 Å². The average molecular weight is 308 g/mol. The number of nitrogens with one attached hydrogen (secondary N) is 1.